The zero-order valence-corrected chi connectivity index (χ0v) is 18.2. The van der Waals surface area contributed by atoms with Crippen molar-refractivity contribution in [3.05, 3.63) is 76.3 Å². The zero-order chi connectivity index (χ0) is 22.5. The fourth-order valence-corrected chi connectivity index (χ4v) is 3.71. The fraction of sp³-hybridized carbons (Fsp3) is 0.208. The van der Waals surface area contributed by atoms with Gasteiger partial charge in [0.25, 0.3) is 5.91 Å². The van der Waals surface area contributed by atoms with Gasteiger partial charge in [-0.15, -0.1) is 0 Å². The summed E-state index contributed by atoms with van der Waals surface area (Å²) in [5.41, 5.74) is 1.72. The second kappa shape index (κ2) is 9.58. The highest BCUT2D eigenvalue weighted by molar-refractivity contribution is 6.30. The number of amides is 1. The van der Waals surface area contributed by atoms with Gasteiger partial charge in [0.05, 0.1) is 7.11 Å². The topological polar surface area (TPSA) is 82.6 Å². The van der Waals surface area contributed by atoms with Crippen LogP contribution in [0.3, 0.4) is 0 Å². The number of piperazine rings is 1. The first-order valence-corrected chi connectivity index (χ1v) is 10.5. The van der Waals surface area contributed by atoms with E-state index >= 15 is 0 Å². The van der Waals surface area contributed by atoms with E-state index < -0.39 is 0 Å². The van der Waals surface area contributed by atoms with Crippen LogP contribution in [0.4, 0.5) is 5.88 Å². The van der Waals surface area contributed by atoms with Crippen LogP contribution in [0, 0.1) is 11.3 Å². The standard InChI is InChI=1S/C24H21ClN4O3/c1-31-20-7-2-4-17(14-20)8-9-22-27-21(16-26)24(32-22)29-12-10-28(11-13-29)23(30)18-5-3-6-19(25)15-18/h2-9,14-15H,10-13H2,1H3. The number of carbonyl (C=O) groups is 1. The number of nitrogens with zero attached hydrogens (tertiary/aromatic N) is 4. The Morgan fingerprint density at radius 2 is 1.94 bits per heavy atom. The van der Waals surface area contributed by atoms with E-state index in [0.29, 0.717) is 48.5 Å². The second-order valence-corrected chi connectivity index (χ2v) is 7.65. The largest absolute Gasteiger partial charge is 0.497 e. The molecule has 0 bridgehead atoms. The van der Waals surface area contributed by atoms with Gasteiger partial charge in [0, 0.05) is 42.8 Å². The molecular formula is C24H21ClN4O3. The van der Waals surface area contributed by atoms with Crippen LogP contribution in [0.15, 0.2) is 52.9 Å². The Hall–Kier alpha value is -3.76. The Morgan fingerprint density at radius 1 is 1.16 bits per heavy atom. The fourth-order valence-electron chi connectivity index (χ4n) is 3.52. The van der Waals surface area contributed by atoms with Gasteiger partial charge in [0.1, 0.15) is 11.8 Å². The lowest BCUT2D eigenvalue weighted by molar-refractivity contribution is 0.0745. The molecule has 0 aliphatic carbocycles. The lowest BCUT2D eigenvalue weighted by Crippen LogP contribution is -2.48. The Morgan fingerprint density at radius 3 is 2.66 bits per heavy atom. The van der Waals surface area contributed by atoms with Crippen molar-refractivity contribution in [3.63, 3.8) is 0 Å². The summed E-state index contributed by atoms with van der Waals surface area (Å²) >= 11 is 6.01. The number of anilines is 1. The number of rotatable bonds is 5. The van der Waals surface area contributed by atoms with E-state index in [0.717, 1.165) is 11.3 Å². The van der Waals surface area contributed by atoms with Gasteiger partial charge in [0.15, 0.2) is 0 Å². The van der Waals surface area contributed by atoms with Crippen LogP contribution < -0.4 is 9.64 Å². The SMILES string of the molecule is COc1cccc(C=Cc2nc(C#N)c(N3CCN(C(=O)c4cccc(Cl)c4)CC3)o2)c1. The van der Waals surface area contributed by atoms with Crippen LogP contribution in [0.25, 0.3) is 12.2 Å². The van der Waals surface area contributed by atoms with Crippen molar-refractivity contribution in [2.75, 3.05) is 38.2 Å². The summed E-state index contributed by atoms with van der Waals surface area (Å²) in [6.45, 7) is 2.09. The van der Waals surface area contributed by atoms with Crippen LogP contribution in [0.1, 0.15) is 27.5 Å². The van der Waals surface area contributed by atoms with Crippen LogP contribution in [0.2, 0.25) is 5.02 Å². The molecule has 1 fully saturated rings. The van der Waals surface area contributed by atoms with Gasteiger partial charge in [-0.25, -0.2) is 0 Å². The van der Waals surface area contributed by atoms with Gasteiger partial charge in [0.2, 0.25) is 17.5 Å². The van der Waals surface area contributed by atoms with Gasteiger partial charge in [-0.1, -0.05) is 29.8 Å². The number of benzene rings is 2. The molecule has 1 saturated heterocycles. The van der Waals surface area contributed by atoms with Gasteiger partial charge in [-0.05, 0) is 42.0 Å². The average molecular weight is 449 g/mol. The number of carbonyl (C=O) groups excluding carboxylic acids is 1. The van der Waals surface area contributed by atoms with E-state index in [1.165, 1.54) is 0 Å². The number of halogens is 1. The number of hydrogen-bond acceptors (Lipinski definition) is 6. The maximum Gasteiger partial charge on any atom is 0.254 e. The quantitative estimate of drug-likeness (QED) is 0.577. The summed E-state index contributed by atoms with van der Waals surface area (Å²) in [6.07, 6.45) is 3.57. The van der Waals surface area contributed by atoms with E-state index in [-0.39, 0.29) is 11.6 Å². The molecule has 0 radical (unpaired) electrons. The van der Waals surface area contributed by atoms with E-state index in [9.17, 15) is 10.1 Å². The normalized spacial score (nSPS) is 13.9. The van der Waals surface area contributed by atoms with Crippen LogP contribution in [-0.4, -0.2) is 49.1 Å². The molecule has 4 rings (SSSR count). The highest BCUT2D eigenvalue weighted by atomic mass is 35.5. The molecule has 3 aromatic rings. The van der Waals surface area contributed by atoms with E-state index in [1.54, 1.807) is 42.4 Å². The van der Waals surface area contributed by atoms with Crippen LogP contribution in [-0.2, 0) is 0 Å². The molecule has 1 aromatic heterocycles. The van der Waals surface area contributed by atoms with Crippen molar-refractivity contribution < 1.29 is 13.9 Å². The van der Waals surface area contributed by atoms with Gasteiger partial charge < -0.3 is 19.0 Å². The minimum absolute atomic E-state index is 0.0628. The van der Waals surface area contributed by atoms with Gasteiger partial charge in [-0.2, -0.15) is 10.2 Å². The van der Waals surface area contributed by atoms with E-state index in [1.807, 2.05) is 35.2 Å². The molecule has 0 atom stereocenters. The lowest BCUT2D eigenvalue weighted by atomic mass is 10.2. The molecule has 1 aliphatic heterocycles. The van der Waals surface area contributed by atoms with Crippen molar-refractivity contribution in [1.82, 2.24) is 9.88 Å². The first-order valence-electron chi connectivity index (χ1n) is 10.1. The van der Waals surface area contributed by atoms with Crippen molar-refractivity contribution in [1.29, 1.82) is 5.26 Å². The third kappa shape index (κ3) is 4.76. The Kier molecular flexibility index (Phi) is 6.43. The smallest absolute Gasteiger partial charge is 0.254 e. The van der Waals surface area contributed by atoms with E-state index in [2.05, 4.69) is 11.1 Å². The van der Waals surface area contributed by atoms with Gasteiger partial charge >= 0.3 is 0 Å². The van der Waals surface area contributed by atoms with Crippen molar-refractivity contribution in [2.45, 2.75) is 0 Å². The molecule has 0 saturated carbocycles. The molecule has 1 amide bonds. The predicted molar refractivity (Wildman–Crippen MR) is 123 cm³/mol. The third-order valence-corrected chi connectivity index (χ3v) is 5.40. The summed E-state index contributed by atoms with van der Waals surface area (Å²) in [5.74, 6) is 1.46. The lowest BCUT2D eigenvalue weighted by Gasteiger charge is -2.34. The monoisotopic (exact) mass is 448 g/mol. The molecule has 32 heavy (non-hydrogen) atoms. The molecule has 2 heterocycles. The summed E-state index contributed by atoms with van der Waals surface area (Å²) in [4.78, 5) is 20.7. The maximum absolute atomic E-state index is 12.7. The first-order chi connectivity index (χ1) is 15.6. The number of hydrogen-bond donors (Lipinski definition) is 0. The number of nitriles is 1. The molecular weight excluding hydrogens is 428 g/mol. The van der Waals surface area contributed by atoms with Crippen molar-refractivity contribution in [2.24, 2.45) is 0 Å². The third-order valence-electron chi connectivity index (χ3n) is 5.17. The second-order valence-electron chi connectivity index (χ2n) is 7.22. The summed E-state index contributed by atoms with van der Waals surface area (Å²) in [6, 6.07) is 16.6. The Labute approximate surface area is 191 Å². The summed E-state index contributed by atoms with van der Waals surface area (Å²) < 4.78 is 11.1. The van der Waals surface area contributed by atoms with Crippen LogP contribution >= 0.6 is 11.6 Å². The highest BCUT2D eigenvalue weighted by Gasteiger charge is 2.26. The number of methoxy groups -OCH3 is 1. The summed E-state index contributed by atoms with van der Waals surface area (Å²) in [5, 5.41) is 10.0. The molecule has 0 N–H and O–H groups in total. The minimum atomic E-state index is -0.0628. The van der Waals surface area contributed by atoms with E-state index in [4.69, 9.17) is 20.8 Å². The molecule has 8 heteroatoms. The molecule has 2 aromatic carbocycles. The molecule has 0 unspecified atom stereocenters. The number of oxazole rings is 1. The predicted octanol–water partition coefficient (Wildman–Crippen LogP) is 4.34. The van der Waals surface area contributed by atoms with Crippen molar-refractivity contribution in [3.8, 4) is 11.8 Å². The van der Waals surface area contributed by atoms with Crippen LogP contribution in [0.5, 0.6) is 5.75 Å². The zero-order valence-electron chi connectivity index (χ0n) is 17.5. The molecule has 162 valence electrons. The van der Waals surface area contributed by atoms with Gasteiger partial charge in [-0.3, -0.25) is 4.79 Å². The maximum atomic E-state index is 12.7. The molecule has 7 nitrogen and oxygen atoms in total. The Balaban J connectivity index is 1.44. The number of ether oxygens (including phenoxy) is 1. The highest BCUT2D eigenvalue weighted by Crippen LogP contribution is 2.25. The Bertz CT molecular complexity index is 1190. The molecule has 1 aliphatic rings. The number of aromatic nitrogens is 1. The van der Waals surface area contributed by atoms with Crippen molar-refractivity contribution >= 4 is 35.5 Å². The molecule has 0 spiro atoms. The minimum Gasteiger partial charge on any atom is -0.497 e. The first kappa shape index (κ1) is 21.5. The average Bonchev–Trinajstić information content (AvgIpc) is 3.26. The summed E-state index contributed by atoms with van der Waals surface area (Å²) in [7, 11) is 1.62.